The van der Waals surface area contributed by atoms with Crippen LogP contribution < -0.4 is 10.1 Å². The van der Waals surface area contributed by atoms with Crippen LogP contribution in [0.3, 0.4) is 0 Å². The van der Waals surface area contributed by atoms with Crippen LogP contribution in [0.5, 0.6) is 5.88 Å². The fourth-order valence-corrected chi connectivity index (χ4v) is 2.59. The molecule has 0 aromatic carbocycles. The van der Waals surface area contributed by atoms with Gasteiger partial charge < -0.3 is 10.1 Å². The Morgan fingerprint density at radius 2 is 2.29 bits per heavy atom. The van der Waals surface area contributed by atoms with Gasteiger partial charge in [-0.3, -0.25) is 0 Å². The maximum Gasteiger partial charge on any atom is 0.241 e. The van der Waals surface area contributed by atoms with Crippen molar-refractivity contribution in [1.29, 1.82) is 0 Å². The molecule has 1 aliphatic heterocycles. The SMILES string of the molecule is c1csc(-c2nccnc2OC2CCNC2)c1. The van der Waals surface area contributed by atoms with Gasteiger partial charge in [-0.25, -0.2) is 9.97 Å². The van der Waals surface area contributed by atoms with Crippen LogP contribution in [0.15, 0.2) is 29.9 Å². The van der Waals surface area contributed by atoms with E-state index in [4.69, 9.17) is 4.74 Å². The molecule has 0 saturated carbocycles. The monoisotopic (exact) mass is 247 g/mol. The van der Waals surface area contributed by atoms with Crippen LogP contribution in [0.4, 0.5) is 0 Å². The maximum atomic E-state index is 5.90. The average molecular weight is 247 g/mol. The van der Waals surface area contributed by atoms with E-state index in [1.807, 2.05) is 17.5 Å². The van der Waals surface area contributed by atoms with Crippen LogP contribution >= 0.6 is 11.3 Å². The van der Waals surface area contributed by atoms with E-state index in [-0.39, 0.29) is 6.10 Å². The lowest BCUT2D eigenvalue weighted by molar-refractivity contribution is 0.214. The summed E-state index contributed by atoms with van der Waals surface area (Å²) in [5, 5.41) is 5.31. The van der Waals surface area contributed by atoms with Gasteiger partial charge in [0.05, 0.1) is 4.88 Å². The molecule has 5 heteroatoms. The molecule has 0 spiro atoms. The first kappa shape index (κ1) is 10.7. The Labute approximate surface area is 104 Å². The first-order chi connectivity index (χ1) is 8.43. The molecule has 0 amide bonds. The number of hydrogen-bond donors (Lipinski definition) is 1. The summed E-state index contributed by atoms with van der Waals surface area (Å²) >= 11 is 1.65. The Balaban J connectivity index is 1.88. The smallest absolute Gasteiger partial charge is 0.241 e. The minimum atomic E-state index is 0.213. The molecule has 1 unspecified atom stereocenters. The summed E-state index contributed by atoms with van der Waals surface area (Å²) in [6, 6.07) is 4.05. The van der Waals surface area contributed by atoms with Crippen LogP contribution in [0.25, 0.3) is 10.6 Å². The van der Waals surface area contributed by atoms with E-state index >= 15 is 0 Å². The van der Waals surface area contributed by atoms with Gasteiger partial charge in [-0.1, -0.05) is 6.07 Å². The Morgan fingerprint density at radius 1 is 1.35 bits per heavy atom. The third-order valence-corrected chi connectivity index (χ3v) is 3.59. The van der Waals surface area contributed by atoms with E-state index < -0.39 is 0 Å². The highest BCUT2D eigenvalue weighted by Gasteiger charge is 2.19. The van der Waals surface area contributed by atoms with Gasteiger partial charge in [0.1, 0.15) is 11.8 Å². The molecule has 17 heavy (non-hydrogen) atoms. The van der Waals surface area contributed by atoms with Gasteiger partial charge in [0.25, 0.3) is 0 Å². The molecule has 1 aliphatic rings. The van der Waals surface area contributed by atoms with Gasteiger partial charge in [-0.15, -0.1) is 11.3 Å². The molecule has 1 fully saturated rings. The number of nitrogens with one attached hydrogen (secondary N) is 1. The topological polar surface area (TPSA) is 47.0 Å². The zero-order valence-electron chi connectivity index (χ0n) is 9.30. The standard InChI is InChI=1S/C12H13N3OS/c1-2-10(17-7-1)11-12(15-6-5-14-11)16-9-3-4-13-8-9/h1-2,5-7,9,13H,3-4,8H2. The molecule has 3 heterocycles. The third-order valence-electron chi connectivity index (χ3n) is 2.71. The predicted octanol–water partition coefficient (Wildman–Crippen LogP) is 1.95. The van der Waals surface area contributed by atoms with E-state index in [9.17, 15) is 0 Å². The van der Waals surface area contributed by atoms with Crippen LogP contribution in [-0.4, -0.2) is 29.2 Å². The van der Waals surface area contributed by atoms with Crippen molar-refractivity contribution in [2.75, 3.05) is 13.1 Å². The Kier molecular flexibility index (Phi) is 3.02. The van der Waals surface area contributed by atoms with Crippen molar-refractivity contribution in [3.63, 3.8) is 0 Å². The minimum Gasteiger partial charge on any atom is -0.471 e. The van der Waals surface area contributed by atoms with Crippen molar-refractivity contribution in [3.8, 4) is 16.5 Å². The summed E-state index contributed by atoms with van der Waals surface area (Å²) in [5.41, 5.74) is 0.842. The van der Waals surface area contributed by atoms with Crippen LogP contribution in [-0.2, 0) is 0 Å². The molecule has 0 bridgehead atoms. The maximum absolute atomic E-state index is 5.90. The number of ether oxygens (including phenoxy) is 1. The van der Waals surface area contributed by atoms with Gasteiger partial charge >= 0.3 is 0 Å². The predicted molar refractivity (Wildman–Crippen MR) is 67.2 cm³/mol. The summed E-state index contributed by atoms with van der Waals surface area (Å²) in [6.45, 7) is 1.90. The van der Waals surface area contributed by atoms with Crippen LogP contribution in [0, 0.1) is 0 Å². The number of aromatic nitrogens is 2. The van der Waals surface area contributed by atoms with Crippen molar-refractivity contribution < 1.29 is 4.74 Å². The van der Waals surface area contributed by atoms with E-state index in [1.165, 1.54) is 0 Å². The summed E-state index contributed by atoms with van der Waals surface area (Å²) in [5.74, 6) is 0.642. The molecule has 3 rings (SSSR count). The summed E-state index contributed by atoms with van der Waals surface area (Å²) in [6.07, 6.45) is 4.62. The van der Waals surface area contributed by atoms with Gasteiger partial charge in [0, 0.05) is 18.9 Å². The Bertz CT molecular complexity index is 480. The number of rotatable bonds is 3. The van der Waals surface area contributed by atoms with E-state index in [2.05, 4.69) is 15.3 Å². The second kappa shape index (κ2) is 4.81. The first-order valence-corrected chi connectivity index (χ1v) is 6.54. The van der Waals surface area contributed by atoms with Crippen LogP contribution in [0.1, 0.15) is 6.42 Å². The average Bonchev–Trinajstić information content (AvgIpc) is 3.01. The minimum absolute atomic E-state index is 0.213. The quantitative estimate of drug-likeness (QED) is 0.900. The molecule has 2 aromatic heterocycles. The second-order valence-electron chi connectivity index (χ2n) is 3.92. The van der Waals surface area contributed by atoms with Crippen molar-refractivity contribution >= 4 is 11.3 Å². The lowest BCUT2D eigenvalue weighted by atomic mass is 10.3. The molecule has 1 atom stereocenters. The Morgan fingerprint density at radius 3 is 3.06 bits per heavy atom. The highest BCUT2D eigenvalue weighted by Crippen LogP contribution is 2.30. The van der Waals surface area contributed by atoms with Crippen LogP contribution in [0.2, 0.25) is 0 Å². The fraction of sp³-hybridized carbons (Fsp3) is 0.333. The molecule has 2 aromatic rings. The molecule has 88 valence electrons. The summed E-state index contributed by atoms with van der Waals surface area (Å²) < 4.78 is 5.90. The molecule has 0 radical (unpaired) electrons. The summed E-state index contributed by atoms with van der Waals surface area (Å²) in [4.78, 5) is 9.75. The van der Waals surface area contributed by atoms with Gasteiger partial charge in [0.15, 0.2) is 0 Å². The first-order valence-electron chi connectivity index (χ1n) is 5.66. The highest BCUT2D eigenvalue weighted by molar-refractivity contribution is 7.13. The van der Waals surface area contributed by atoms with E-state index in [1.54, 1.807) is 23.7 Å². The van der Waals surface area contributed by atoms with Gasteiger partial charge in [-0.2, -0.15) is 0 Å². The van der Waals surface area contributed by atoms with Crippen molar-refractivity contribution in [3.05, 3.63) is 29.9 Å². The normalized spacial score (nSPS) is 19.4. The lowest BCUT2D eigenvalue weighted by Gasteiger charge is -2.13. The fourth-order valence-electron chi connectivity index (χ4n) is 1.88. The molecule has 0 aliphatic carbocycles. The molecular weight excluding hydrogens is 234 g/mol. The van der Waals surface area contributed by atoms with Crippen molar-refractivity contribution in [2.45, 2.75) is 12.5 Å². The lowest BCUT2D eigenvalue weighted by Crippen LogP contribution is -2.20. The molecular formula is C12H13N3OS. The Hall–Kier alpha value is -1.46. The summed E-state index contributed by atoms with van der Waals surface area (Å²) in [7, 11) is 0. The van der Waals surface area contributed by atoms with E-state index in [0.717, 1.165) is 30.1 Å². The number of thiophene rings is 1. The third kappa shape index (κ3) is 2.30. The van der Waals surface area contributed by atoms with E-state index in [0.29, 0.717) is 5.88 Å². The molecule has 1 saturated heterocycles. The number of hydrogen-bond acceptors (Lipinski definition) is 5. The largest absolute Gasteiger partial charge is 0.471 e. The van der Waals surface area contributed by atoms with Crippen molar-refractivity contribution in [1.82, 2.24) is 15.3 Å². The van der Waals surface area contributed by atoms with Gasteiger partial charge in [-0.05, 0) is 24.4 Å². The zero-order chi connectivity index (χ0) is 11.5. The van der Waals surface area contributed by atoms with Gasteiger partial charge in [0.2, 0.25) is 5.88 Å². The van der Waals surface area contributed by atoms with Crippen molar-refractivity contribution in [2.24, 2.45) is 0 Å². The number of nitrogens with zero attached hydrogens (tertiary/aromatic N) is 2. The zero-order valence-corrected chi connectivity index (χ0v) is 10.1. The second-order valence-corrected chi connectivity index (χ2v) is 4.87. The highest BCUT2D eigenvalue weighted by atomic mass is 32.1. The molecule has 4 nitrogen and oxygen atoms in total. The molecule has 1 N–H and O–H groups in total.